The summed E-state index contributed by atoms with van der Waals surface area (Å²) in [6.45, 7) is 1.51. The van der Waals surface area contributed by atoms with Crippen LogP contribution in [0.5, 0.6) is 0 Å². The molecule has 1 aliphatic heterocycles. The lowest BCUT2D eigenvalue weighted by molar-refractivity contribution is 0.325. The molecule has 0 radical (unpaired) electrons. The minimum absolute atomic E-state index is 0.317. The van der Waals surface area contributed by atoms with E-state index in [2.05, 4.69) is 5.10 Å². The minimum Gasteiger partial charge on any atom is -0.266 e. The van der Waals surface area contributed by atoms with Crippen molar-refractivity contribution >= 4 is 33.0 Å². The summed E-state index contributed by atoms with van der Waals surface area (Å²) in [7, 11) is -3.45. The highest BCUT2D eigenvalue weighted by Gasteiger charge is 2.33. The van der Waals surface area contributed by atoms with Crippen LogP contribution in [0.2, 0.25) is 4.34 Å². The fraction of sp³-hybridized carbons (Fsp3) is 0.462. The number of rotatable bonds is 2. The number of aromatic nitrogens is 2. The van der Waals surface area contributed by atoms with Crippen LogP contribution in [0.15, 0.2) is 16.3 Å². The number of fused-ring (bicyclic) bond motifs is 3. The molecule has 0 fully saturated rings. The monoisotopic (exact) mass is 343 g/mol. The maximum Gasteiger partial charge on any atom is 0.253 e. The number of hydrogen-bond acceptors (Lipinski definition) is 4. The predicted molar refractivity (Wildman–Crippen MR) is 81.2 cm³/mol. The van der Waals surface area contributed by atoms with Crippen LogP contribution < -0.4 is 0 Å². The van der Waals surface area contributed by atoms with E-state index < -0.39 is 10.0 Å². The van der Waals surface area contributed by atoms with Crippen LogP contribution in [0.3, 0.4) is 0 Å². The van der Waals surface area contributed by atoms with E-state index in [4.69, 9.17) is 11.6 Å². The average molecular weight is 344 g/mol. The largest absolute Gasteiger partial charge is 0.266 e. The maximum absolute atomic E-state index is 12.7. The molecule has 3 heterocycles. The molecular weight excluding hydrogens is 330 g/mol. The molecule has 2 aromatic heterocycles. The van der Waals surface area contributed by atoms with Crippen molar-refractivity contribution in [3.8, 4) is 0 Å². The fourth-order valence-corrected chi connectivity index (χ4v) is 6.12. The van der Waals surface area contributed by atoms with Crippen molar-refractivity contribution in [2.75, 3.05) is 6.54 Å². The SMILES string of the molecule is O=S(=O)(c1ccc(Cl)s1)N1CCn2nc3c(c2C1)CCC3. The molecule has 2 aliphatic rings. The molecule has 0 N–H and O–H groups in total. The summed E-state index contributed by atoms with van der Waals surface area (Å²) in [6.07, 6.45) is 3.16. The average Bonchev–Trinajstić information content (AvgIpc) is 3.12. The highest BCUT2D eigenvalue weighted by molar-refractivity contribution is 7.91. The molecule has 0 unspecified atom stereocenters. The van der Waals surface area contributed by atoms with Crippen molar-refractivity contribution in [1.29, 1.82) is 0 Å². The summed E-state index contributed by atoms with van der Waals surface area (Å²) in [5.41, 5.74) is 3.49. The first-order valence-electron chi connectivity index (χ1n) is 6.88. The number of sulfonamides is 1. The lowest BCUT2D eigenvalue weighted by Gasteiger charge is -2.27. The van der Waals surface area contributed by atoms with Gasteiger partial charge in [0.25, 0.3) is 10.0 Å². The van der Waals surface area contributed by atoms with Crippen molar-refractivity contribution in [3.05, 3.63) is 33.4 Å². The van der Waals surface area contributed by atoms with Gasteiger partial charge in [0.2, 0.25) is 0 Å². The molecule has 0 atom stereocenters. The molecule has 0 saturated carbocycles. The second kappa shape index (κ2) is 4.81. The predicted octanol–water partition coefficient (Wildman–Crippen LogP) is 2.29. The van der Waals surface area contributed by atoms with E-state index in [1.807, 2.05) is 4.68 Å². The van der Waals surface area contributed by atoms with E-state index in [1.54, 1.807) is 16.4 Å². The Balaban J connectivity index is 1.69. The second-order valence-corrected chi connectivity index (χ2v) is 9.23. The van der Waals surface area contributed by atoms with Crippen LogP contribution in [0.25, 0.3) is 0 Å². The van der Waals surface area contributed by atoms with Crippen LogP contribution in [-0.2, 0) is 36.0 Å². The van der Waals surface area contributed by atoms with Crippen LogP contribution >= 0.6 is 22.9 Å². The number of thiophene rings is 1. The highest BCUT2D eigenvalue weighted by atomic mass is 35.5. The molecule has 21 heavy (non-hydrogen) atoms. The third kappa shape index (κ3) is 2.14. The van der Waals surface area contributed by atoms with E-state index in [9.17, 15) is 8.42 Å². The number of aryl methyl sites for hydroxylation is 1. The maximum atomic E-state index is 12.7. The summed E-state index contributed by atoms with van der Waals surface area (Å²) in [4.78, 5) is 0. The Morgan fingerprint density at radius 3 is 2.86 bits per heavy atom. The van der Waals surface area contributed by atoms with Gasteiger partial charge in [-0.1, -0.05) is 11.6 Å². The van der Waals surface area contributed by atoms with E-state index in [-0.39, 0.29) is 0 Å². The normalized spacial score (nSPS) is 18.7. The first-order chi connectivity index (χ1) is 10.1. The van der Waals surface area contributed by atoms with Gasteiger partial charge < -0.3 is 0 Å². The van der Waals surface area contributed by atoms with Gasteiger partial charge in [-0.15, -0.1) is 11.3 Å². The molecule has 5 nitrogen and oxygen atoms in total. The molecule has 8 heteroatoms. The van der Waals surface area contributed by atoms with Gasteiger partial charge in [0.1, 0.15) is 4.21 Å². The van der Waals surface area contributed by atoms with Crippen molar-refractivity contribution in [3.63, 3.8) is 0 Å². The quantitative estimate of drug-likeness (QED) is 0.840. The topological polar surface area (TPSA) is 55.2 Å². The Bertz CT molecular complexity index is 809. The minimum atomic E-state index is -3.45. The Kier molecular flexibility index (Phi) is 3.15. The molecule has 0 amide bonds. The van der Waals surface area contributed by atoms with E-state index in [0.717, 1.165) is 42.0 Å². The van der Waals surface area contributed by atoms with Gasteiger partial charge in [0.05, 0.1) is 28.8 Å². The van der Waals surface area contributed by atoms with Crippen molar-refractivity contribution in [1.82, 2.24) is 14.1 Å². The van der Waals surface area contributed by atoms with Crippen LogP contribution in [0.4, 0.5) is 0 Å². The first-order valence-corrected chi connectivity index (χ1v) is 9.52. The number of hydrogen-bond donors (Lipinski definition) is 0. The smallest absolute Gasteiger partial charge is 0.253 e. The lowest BCUT2D eigenvalue weighted by atomic mass is 10.2. The van der Waals surface area contributed by atoms with Gasteiger partial charge >= 0.3 is 0 Å². The van der Waals surface area contributed by atoms with Gasteiger partial charge in [-0.05, 0) is 37.0 Å². The summed E-state index contributed by atoms with van der Waals surface area (Å²) in [6, 6.07) is 3.21. The molecule has 1 aliphatic carbocycles. The fourth-order valence-electron chi connectivity index (χ4n) is 3.09. The van der Waals surface area contributed by atoms with Crippen LogP contribution in [0.1, 0.15) is 23.4 Å². The van der Waals surface area contributed by atoms with Crippen LogP contribution in [-0.4, -0.2) is 29.0 Å². The van der Waals surface area contributed by atoms with Crippen LogP contribution in [0, 0.1) is 0 Å². The number of nitrogens with zero attached hydrogens (tertiary/aromatic N) is 3. The molecule has 0 aromatic carbocycles. The zero-order valence-corrected chi connectivity index (χ0v) is 13.6. The molecule has 0 spiro atoms. The van der Waals surface area contributed by atoms with Gasteiger partial charge in [-0.25, -0.2) is 8.42 Å². The van der Waals surface area contributed by atoms with Gasteiger partial charge in [-0.3, -0.25) is 4.68 Å². The first kappa shape index (κ1) is 13.8. The van der Waals surface area contributed by atoms with E-state index >= 15 is 0 Å². The molecule has 0 saturated heterocycles. The molecule has 0 bridgehead atoms. The van der Waals surface area contributed by atoms with E-state index in [0.29, 0.717) is 28.2 Å². The second-order valence-electron chi connectivity index (χ2n) is 5.35. The highest BCUT2D eigenvalue weighted by Crippen LogP contribution is 2.32. The molecule has 4 rings (SSSR count). The summed E-state index contributed by atoms with van der Waals surface area (Å²) < 4.78 is 29.7. The lowest BCUT2D eigenvalue weighted by Crippen LogP contribution is -2.38. The van der Waals surface area contributed by atoms with Gasteiger partial charge in [0.15, 0.2) is 0 Å². The summed E-state index contributed by atoms with van der Waals surface area (Å²) in [5, 5.41) is 4.60. The molecule has 112 valence electrons. The third-order valence-electron chi connectivity index (χ3n) is 4.12. The summed E-state index contributed by atoms with van der Waals surface area (Å²) in [5.74, 6) is 0. The van der Waals surface area contributed by atoms with E-state index in [1.165, 1.54) is 5.56 Å². The Hall–Kier alpha value is -0.890. The van der Waals surface area contributed by atoms with Gasteiger partial charge in [-0.2, -0.15) is 9.40 Å². The zero-order valence-electron chi connectivity index (χ0n) is 11.2. The zero-order chi connectivity index (χ0) is 14.6. The molecular formula is C13H14ClN3O2S2. The Morgan fingerprint density at radius 2 is 2.10 bits per heavy atom. The molecule has 2 aromatic rings. The number of halogens is 1. The van der Waals surface area contributed by atoms with Gasteiger partial charge in [0, 0.05) is 6.54 Å². The Labute approximate surface area is 132 Å². The standard InChI is InChI=1S/C13H14ClN3O2S2/c14-12-4-5-13(20-12)21(18,19)16-6-7-17-11(8-16)9-2-1-3-10(9)15-17/h4-5H,1-3,6-8H2. The third-order valence-corrected chi connectivity index (χ3v) is 7.66. The van der Waals surface area contributed by atoms with Crippen molar-refractivity contribution < 1.29 is 8.42 Å². The summed E-state index contributed by atoms with van der Waals surface area (Å²) >= 11 is 6.98. The van der Waals surface area contributed by atoms with Crippen molar-refractivity contribution in [2.45, 2.75) is 36.6 Å². The Morgan fingerprint density at radius 1 is 1.24 bits per heavy atom. The van der Waals surface area contributed by atoms with Crippen molar-refractivity contribution in [2.24, 2.45) is 0 Å².